The van der Waals surface area contributed by atoms with Gasteiger partial charge in [-0.05, 0) is 37.1 Å². The summed E-state index contributed by atoms with van der Waals surface area (Å²) in [7, 11) is 1.59. The van der Waals surface area contributed by atoms with Crippen molar-refractivity contribution in [2.45, 2.75) is 26.3 Å². The van der Waals surface area contributed by atoms with Crippen LogP contribution in [0.15, 0.2) is 24.3 Å². The Kier molecular flexibility index (Phi) is 5.12. The number of nitrogens with zero attached hydrogens (tertiary/aromatic N) is 2. The predicted octanol–water partition coefficient (Wildman–Crippen LogP) is 2.56. The third-order valence-corrected chi connectivity index (χ3v) is 3.66. The zero-order valence-electron chi connectivity index (χ0n) is 12.4. The Morgan fingerprint density at radius 1 is 1.33 bits per heavy atom. The molecule has 5 nitrogen and oxygen atoms in total. The number of rotatable bonds is 5. The van der Waals surface area contributed by atoms with Gasteiger partial charge in [-0.3, -0.25) is 5.84 Å². The number of hydrazine groups is 1. The van der Waals surface area contributed by atoms with E-state index in [1.165, 1.54) is 0 Å². The third-order valence-electron chi connectivity index (χ3n) is 3.35. The van der Waals surface area contributed by atoms with Crippen LogP contribution in [0, 0.1) is 6.92 Å². The van der Waals surface area contributed by atoms with Gasteiger partial charge in [-0.2, -0.15) is 10.2 Å². The van der Waals surface area contributed by atoms with Gasteiger partial charge in [0.2, 0.25) is 0 Å². The fraction of sp³-hybridized carbons (Fsp3) is 0.333. The first-order valence-corrected chi connectivity index (χ1v) is 7.11. The van der Waals surface area contributed by atoms with Crippen molar-refractivity contribution < 1.29 is 4.74 Å². The van der Waals surface area contributed by atoms with Crippen molar-refractivity contribution in [2.75, 3.05) is 7.11 Å². The van der Waals surface area contributed by atoms with Crippen LogP contribution in [0.5, 0.6) is 5.75 Å². The predicted molar refractivity (Wildman–Crippen MR) is 83.3 cm³/mol. The van der Waals surface area contributed by atoms with Crippen molar-refractivity contribution in [3.63, 3.8) is 0 Å². The summed E-state index contributed by atoms with van der Waals surface area (Å²) in [5, 5.41) is 8.92. The van der Waals surface area contributed by atoms with Crippen LogP contribution in [0.25, 0.3) is 0 Å². The zero-order valence-corrected chi connectivity index (χ0v) is 13.1. The molecule has 2 aromatic rings. The minimum absolute atomic E-state index is 0.194. The van der Waals surface area contributed by atoms with Gasteiger partial charge < -0.3 is 4.74 Å². The lowest BCUT2D eigenvalue weighted by Gasteiger charge is -2.20. The van der Waals surface area contributed by atoms with Gasteiger partial charge in [-0.1, -0.05) is 24.6 Å². The molecule has 0 saturated carbocycles. The second-order valence-corrected chi connectivity index (χ2v) is 5.14. The van der Waals surface area contributed by atoms with Crippen LogP contribution in [0.2, 0.25) is 5.02 Å². The third kappa shape index (κ3) is 3.32. The van der Waals surface area contributed by atoms with E-state index in [2.05, 4.69) is 15.6 Å². The molecule has 1 unspecified atom stereocenters. The van der Waals surface area contributed by atoms with Crippen molar-refractivity contribution in [3.05, 3.63) is 51.8 Å². The lowest BCUT2D eigenvalue weighted by Crippen LogP contribution is -2.30. The summed E-state index contributed by atoms with van der Waals surface area (Å²) in [6.45, 7) is 3.95. The maximum absolute atomic E-state index is 6.08. The Labute approximate surface area is 129 Å². The van der Waals surface area contributed by atoms with E-state index in [0.717, 1.165) is 28.9 Å². The second-order valence-electron chi connectivity index (χ2n) is 4.73. The number of methoxy groups -OCH3 is 1. The number of ether oxygens (including phenoxy) is 1. The highest BCUT2D eigenvalue weighted by atomic mass is 35.5. The van der Waals surface area contributed by atoms with E-state index >= 15 is 0 Å². The molecule has 1 aromatic heterocycles. The molecule has 1 atom stereocenters. The van der Waals surface area contributed by atoms with Gasteiger partial charge in [-0.15, -0.1) is 0 Å². The van der Waals surface area contributed by atoms with Gasteiger partial charge in [0.05, 0.1) is 29.6 Å². The van der Waals surface area contributed by atoms with Crippen molar-refractivity contribution in [2.24, 2.45) is 5.84 Å². The lowest BCUT2D eigenvalue weighted by atomic mass is 9.96. The highest BCUT2D eigenvalue weighted by Crippen LogP contribution is 2.31. The molecule has 112 valence electrons. The molecule has 3 N–H and O–H groups in total. The van der Waals surface area contributed by atoms with Crippen molar-refractivity contribution in [1.29, 1.82) is 0 Å². The van der Waals surface area contributed by atoms with Gasteiger partial charge >= 0.3 is 0 Å². The number of benzene rings is 1. The number of nitrogens with one attached hydrogen (secondary N) is 1. The van der Waals surface area contributed by atoms with Crippen LogP contribution in [0.4, 0.5) is 0 Å². The molecule has 2 rings (SSSR count). The van der Waals surface area contributed by atoms with Gasteiger partial charge in [0.25, 0.3) is 0 Å². The first-order valence-electron chi connectivity index (χ1n) is 6.73. The summed E-state index contributed by atoms with van der Waals surface area (Å²) < 4.78 is 5.27. The fourth-order valence-corrected chi connectivity index (χ4v) is 2.48. The van der Waals surface area contributed by atoms with Crippen LogP contribution in [0.3, 0.4) is 0 Å². The van der Waals surface area contributed by atoms with Crippen LogP contribution in [-0.4, -0.2) is 17.3 Å². The Bertz CT molecular complexity index is 633. The molecular weight excluding hydrogens is 288 g/mol. The van der Waals surface area contributed by atoms with Crippen LogP contribution < -0.4 is 16.0 Å². The van der Waals surface area contributed by atoms with Gasteiger partial charge in [0.15, 0.2) is 0 Å². The Balaban J connectivity index is 2.51. The summed E-state index contributed by atoms with van der Waals surface area (Å²) in [6.07, 6.45) is 0.783. The molecule has 0 fully saturated rings. The van der Waals surface area contributed by atoms with Crippen LogP contribution in [0.1, 0.15) is 35.5 Å². The number of hydrogen-bond acceptors (Lipinski definition) is 5. The van der Waals surface area contributed by atoms with Crippen LogP contribution >= 0.6 is 11.6 Å². The standard InChI is InChI=1S/C15H19ClN4O/c1-4-13-11(7-9(2)19-20-13)15(18-17)10-5-6-12(16)14(8-10)21-3/h5-8,15,18H,4,17H2,1-3H3. The Morgan fingerprint density at radius 3 is 2.71 bits per heavy atom. The molecule has 1 aromatic carbocycles. The monoisotopic (exact) mass is 306 g/mol. The van der Waals surface area contributed by atoms with E-state index < -0.39 is 0 Å². The van der Waals surface area contributed by atoms with Gasteiger partial charge in [-0.25, -0.2) is 5.43 Å². The molecule has 0 bridgehead atoms. The number of aryl methyl sites for hydroxylation is 2. The molecule has 6 heteroatoms. The SMILES string of the molecule is CCc1nnc(C)cc1C(NN)c1ccc(Cl)c(OC)c1. The zero-order chi connectivity index (χ0) is 15.4. The molecular formula is C15H19ClN4O. The topological polar surface area (TPSA) is 73.1 Å². The summed E-state index contributed by atoms with van der Waals surface area (Å²) in [5.74, 6) is 6.38. The van der Waals surface area contributed by atoms with Gasteiger partial charge in [0.1, 0.15) is 5.75 Å². The first-order chi connectivity index (χ1) is 10.1. The minimum Gasteiger partial charge on any atom is -0.495 e. The minimum atomic E-state index is -0.194. The molecule has 0 aliphatic carbocycles. The maximum Gasteiger partial charge on any atom is 0.137 e. The second kappa shape index (κ2) is 6.85. The quantitative estimate of drug-likeness (QED) is 0.656. The van der Waals surface area contributed by atoms with E-state index in [4.69, 9.17) is 22.2 Å². The van der Waals surface area contributed by atoms with E-state index in [1.807, 2.05) is 32.0 Å². The molecule has 0 amide bonds. The van der Waals surface area contributed by atoms with Crippen molar-refractivity contribution >= 4 is 11.6 Å². The smallest absolute Gasteiger partial charge is 0.137 e. The normalized spacial score (nSPS) is 12.2. The number of hydrogen-bond donors (Lipinski definition) is 2. The van der Waals surface area contributed by atoms with Crippen molar-refractivity contribution in [3.8, 4) is 5.75 Å². The van der Waals surface area contributed by atoms with Crippen LogP contribution in [-0.2, 0) is 6.42 Å². The van der Waals surface area contributed by atoms with Gasteiger partial charge in [0, 0.05) is 5.56 Å². The molecule has 0 saturated heterocycles. The Morgan fingerprint density at radius 2 is 2.10 bits per heavy atom. The summed E-state index contributed by atoms with van der Waals surface area (Å²) in [4.78, 5) is 0. The largest absolute Gasteiger partial charge is 0.495 e. The van der Waals surface area contributed by atoms with E-state index in [0.29, 0.717) is 10.8 Å². The highest BCUT2D eigenvalue weighted by molar-refractivity contribution is 6.32. The number of aromatic nitrogens is 2. The summed E-state index contributed by atoms with van der Waals surface area (Å²) in [6, 6.07) is 7.40. The molecule has 0 spiro atoms. The van der Waals surface area contributed by atoms with E-state index in [1.54, 1.807) is 13.2 Å². The van der Waals surface area contributed by atoms with E-state index in [9.17, 15) is 0 Å². The molecule has 0 aliphatic rings. The maximum atomic E-state index is 6.08. The number of nitrogens with two attached hydrogens (primary N) is 1. The average molecular weight is 307 g/mol. The average Bonchev–Trinajstić information content (AvgIpc) is 2.50. The fourth-order valence-electron chi connectivity index (χ4n) is 2.28. The first kappa shape index (κ1) is 15.7. The summed E-state index contributed by atoms with van der Waals surface area (Å²) >= 11 is 6.08. The molecule has 0 radical (unpaired) electrons. The van der Waals surface area contributed by atoms with E-state index in [-0.39, 0.29) is 6.04 Å². The van der Waals surface area contributed by atoms with Crippen molar-refractivity contribution in [1.82, 2.24) is 15.6 Å². The Hall–Kier alpha value is -1.69. The molecule has 0 aliphatic heterocycles. The summed E-state index contributed by atoms with van der Waals surface area (Å²) in [5.41, 5.74) is 6.58. The molecule has 1 heterocycles. The molecule has 21 heavy (non-hydrogen) atoms. The highest BCUT2D eigenvalue weighted by Gasteiger charge is 2.18. The lowest BCUT2D eigenvalue weighted by molar-refractivity contribution is 0.414. The number of halogens is 1.